The van der Waals surface area contributed by atoms with Crippen molar-refractivity contribution < 1.29 is 18.0 Å². The summed E-state index contributed by atoms with van der Waals surface area (Å²) < 4.78 is 36.6. The van der Waals surface area contributed by atoms with E-state index in [0.29, 0.717) is 5.56 Å². The normalized spacial score (nSPS) is 11.2. The van der Waals surface area contributed by atoms with E-state index in [0.717, 1.165) is 4.90 Å². The van der Waals surface area contributed by atoms with E-state index < -0.39 is 12.1 Å². The van der Waals surface area contributed by atoms with Crippen LogP contribution in [0.3, 0.4) is 0 Å². The minimum absolute atomic E-state index is 0.0182. The molecule has 0 aliphatic heterocycles. The minimum Gasteiger partial charge on any atom is -0.331 e. The number of rotatable bonds is 3. The van der Waals surface area contributed by atoms with Gasteiger partial charge in [-0.25, -0.2) is 0 Å². The molecule has 0 aromatic heterocycles. The Labute approximate surface area is 91.7 Å². The highest BCUT2D eigenvalue weighted by molar-refractivity contribution is 5.81. The number of halogens is 3. The Bertz CT molecular complexity index is 348. The van der Waals surface area contributed by atoms with Gasteiger partial charge in [0.15, 0.2) is 0 Å². The molecule has 0 atom stereocenters. The van der Waals surface area contributed by atoms with Crippen molar-refractivity contribution in [1.82, 2.24) is 4.90 Å². The third-order valence-electron chi connectivity index (χ3n) is 2.13. The Balaban J connectivity index is 2.74. The lowest BCUT2D eigenvalue weighted by atomic mass is 10.2. The highest BCUT2D eigenvalue weighted by Crippen LogP contribution is 2.19. The molecule has 0 bridgehead atoms. The van der Waals surface area contributed by atoms with Crippen molar-refractivity contribution in [2.75, 3.05) is 6.54 Å². The van der Waals surface area contributed by atoms with E-state index in [1.807, 2.05) is 0 Å². The monoisotopic (exact) mass is 231 g/mol. The van der Waals surface area contributed by atoms with Crippen molar-refractivity contribution in [3.05, 3.63) is 35.9 Å². The van der Waals surface area contributed by atoms with Crippen LogP contribution >= 0.6 is 0 Å². The highest BCUT2D eigenvalue weighted by atomic mass is 19.4. The molecule has 0 aliphatic rings. The molecule has 16 heavy (non-hydrogen) atoms. The van der Waals surface area contributed by atoms with Gasteiger partial charge in [-0.15, -0.1) is 0 Å². The molecule has 88 valence electrons. The zero-order valence-electron chi connectivity index (χ0n) is 8.79. The molecule has 0 unspecified atom stereocenters. The summed E-state index contributed by atoms with van der Waals surface area (Å²) in [5, 5.41) is 0. The van der Waals surface area contributed by atoms with E-state index in [2.05, 4.69) is 0 Å². The summed E-state index contributed by atoms with van der Waals surface area (Å²) in [6.07, 6.45) is -4.80. The Hall–Kier alpha value is -1.52. The maximum absolute atomic E-state index is 12.2. The van der Waals surface area contributed by atoms with Crippen molar-refractivity contribution in [3.8, 4) is 0 Å². The summed E-state index contributed by atoms with van der Waals surface area (Å²) >= 11 is 0. The molecule has 1 aromatic carbocycles. The van der Waals surface area contributed by atoms with Crippen LogP contribution in [0, 0.1) is 0 Å². The fraction of sp³-hybridized carbons (Fsp3) is 0.364. The van der Waals surface area contributed by atoms with Gasteiger partial charge in [0.05, 0.1) is 0 Å². The molecule has 0 heterocycles. The number of carbonyl (C=O) groups is 1. The summed E-state index contributed by atoms with van der Waals surface area (Å²) in [4.78, 5) is 11.8. The van der Waals surface area contributed by atoms with Gasteiger partial charge in [0.1, 0.15) is 0 Å². The summed E-state index contributed by atoms with van der Waals surface area (Å²) in [5.41, 5.74) is 0.682. The number of nitrogens with zero attached hydrogens (tertiary/aromatic N) is 1. The molecule has 1 aromatic rings. The first-order valence-corrected chi connectivity index (χ1v) is 4.85. The van der Waals surface area contributed by atoms with Gasteiger partial charge >= 0.3 is 12.1 Å². The molecule has 5 heteroatoms. The Morgan fingerprint density at radius 2 is 1.81 bits per heavy atom. The molecule has 0 N–H and O–H groups in total. The third kappa shape index (κ3) is 3.25. The van der Waals surface area contributed by atoms with Gasteiger partial charge in [0, 0.05) is 13.1 Å². The van der Waals surface area contributed by atoms with E-state index in [1.54, 1.807) is 30.3 Å². The predicted molar refractivity (Wildman–Crippen MR) is 53.6 cm³/mol. The Morgan fingerprint density at radius 3 is 2.25 bits per heavy atom. The van der Waals surface area contributed by atoms with E-state index in [9.17, 15) is 18.0 Å². The van der Waals surface area contributed by atoms with E-state index >= 15 is 0 Å². The molecule has 0 aliphatic carbocycles. The summed E-state index contributed by atoms with van der Waals surface area (Å²) in [7, 11) is 0. The first-order chi connectivity index (χ1) is 7.45. The summed E-state index contributed by atoms with van der Waals surface area (Å²) in [6.45, 7) is 1.54. The predicted octanol–water partition coefficient (Wildman–Crippen LogP) is 2.60. The Morgan fingerprint density at radius 1 is 1.25 bits per heavy atom. The average Bonchev–Trinajstić information content (AvgIpc) is 2.25. The van der Waals surface area contributed by atoms with Crippen LogP contribution in [0.1, 0.15) is 12.5 Å². The standard InChI is InChI=1S/C11H12F3NO/c1-2-15(10(16)11(12,13)14)8-9-6-4-3-5-7-9/h3-7H,2,8H2,1H3. The first-order valence-electron chi connectivity index (χ1n) is 4.85. The number of hydrogen-bond donors (Lipinski definition) is 0. The van der Waals surface area contributed by atoms with Gasteiger partial charge in [-0.2, -0.15) is 13.2 Å². The van der Waals surface area contributed by atoms with Crippen LogP contribution in [0.25, 0.3) is 0 Å². The lowest BCUT2D eigenvalue weighted by Crippen LogP contribution is -2.40. The zero-order valence-corrected chi connectivity index (χ0v) is 8.79. The summed E-state index contributed by atoms with van der Waals surface area (Å²) in [6, 6.07) is 8.59. The Kier molecular flexibility index (Phi) is 3.93. The SMILES string of the molecule is CCN(Cc1ccccc1)C(=O)C(F)(F)F. The van der Waals surface area contributed by atoms with Gasteiger partial charge in [-0.3, -0.25) is 4.79 Å². The molecule has 0 fully saturated rings. The van der Waals surface area contributed by atoms with Crippen LogP contribution in [0.5, 0.6) is 0 Å². The molecule has 0 spiro atoms. The topological polar surface area (TPSA) is 20.3 Å². The second-order valence-corrected chi connectivity index (χ2v) is 3.30. The number of hydrogen-bond acceptors (Lipinski definition) is 1. The van der Waals surface area contributed by atoms with Crippen molar-refractivity contribution in [2.45, 2.75) is 19.6 Å². The van der Waals surface area contributed by atoms with Gasteiger partial charge in [-0.1, -0.05) is 30.3 Å². The lowest BCUT2D eigenvalue weighted by molar-refractivity contribution is -0.185. The molecule has 1 amide bonds. The third-order valence-corrected chi connectivity index (χ3v) is 2.13. The van der Waals surface area contributed by atoms with Crippen molar-refractivity contribution >= 4 is 5.91 Å². The largest absolute Gasteiger partial charge is 0.471 e. The summed E-state index contributed by atoms with van der Waals surface area (Å²) in [5.74, 6) is -1.79. The van der Waals surface area contributed by atoms with Crippen LogP contribution in [0.4, 0.5) is 13.2 Å². The molecule has 0 saturated heterocycles. The van der Waals surface area contributed by atoms with Gasteiger partial charge in [0.25, 0.3) is 0 Å². The number of alkyl halides is 3. The van der Waals surface area contributed by atoms with Gasteiger partial charge in [0.2, 0.25) is 0 Å². The maximum atomic E-state index is 12.2. The fourth-order valence-electron chi connectivity index (χ4n) is 1.31. The fourth-order valence-corrected chi connectivity index (χ4v) is 1.31. The zero-order chi connectivity index (χ0) is 12.2. The van der Waals surface area contributed by atoms with Gasteiger partial charge in [-0.05, 0) is 12.5 Å². The van der Waals surface area contributed by atoms with Crippen LogP contribution in [0.2, 0.25) is 0 Å². The minimum atomic E-state index is -4.80. The smallest absolute Gasteiger partial charge is 0.331 e. The maximum Gasteiger partial charge on any atom is 0.471 e. The lowest BCUT2D eigenvalue weighted by Gasteiger charge is -2.22. The second kappa shape index (κ2) is 5.01. The van der Waals surface area contributed by atoms with Crippen LogP contribution in [0.15, 0.2) is 30.3 Å². The number of benzene rings is 1. The average molecular weight is 231 g/mol. The van der Waals surface area contributed by atoms with Crippen molar-refractivity contribution in [2.24, 2.45) is 0 Å². The van der Waals surface area contributed by atoms with E-state index in [1.165, 1.54) is 6.92 Å². The van der Waals surface area contributed by atoms with Gasteiger partial charge < -0.3 is 4.90 Å². The van der Waals surface area contributed by atoms with Crippen molar-refractivity contribution in [1.29, 1.82) is 0 Å². The second-order valence-electron chi connectivity index (χ2n) is 3.30. The highest BCUT2D eigenvalue weighted by Gasteiger charge is 2.41. The number of amides is 1. The van der Waals surface area contributed by atoms with E-state index in [4.69, 9.17) is 0 Å². The molecule has 0 radical (unpaired) electrons. The van der Waals surface area contributed by atoms with Crippen LogP contribution in [-0.4, -0.2) is 23.5 Å². The van der Waals surface area contributed by atoms with E-state index in [-0.39, 0.29) is 13.1 Å². The molecule has 2 nitrogen and oxygen atoms in total. The molecular weight excluding hydrogens is 219 g/mol. The quantitative estimate of drug-likeness (QED) is 0.783. The molecular formula is C11H12F3NO. The van der Waals surface area contributed by atoms with Crippen molar-refractivity contribution in [3.63, 3.8) is 0 Å². The molecule has 1 rings (SSSR count). The van der Waals surface area contributed by atoms with Crippen LogP contribution in [-0.2, 0) is 11.3 Å². The molecule has 0 saturated carbocycles. The number of carbonyl (C=O) groups excluding carboxylic acids is 1. The van der Waals surface area contributed by atoms with Crippen LogP contribution < -0.4 is 0 Å². The first kappa shape index (κ1) is 12.5.